The first-order chi connectivity index (χ1) is 12.9. The highest BCUT2D eigenvalue weighted by atomic mass is 79.9. The molecule has 0 atom stereocenters. The summed E-state index contributed by atoms with van der Waals surface area (Å²) in [6, 6.07) is 13.3. The summed E-state index contributed by atoms with van der Waals surface area (Å²) in [4.78, 5) is 15.7. The Hall–Kier alpha value is -2.98. The van der Waals surface area contributed by atoms with Crippen molar-refractivity contribution >= 4 is 49.6 Å². The van der Waals surface area contributed by atoms with E-state index in [1.165, 1.54) is 36.7 Å². The fraction of sp³-hybridized carbons (Fsp3) is 0. The molecule has 0 radical (unpaired) electrons. The average Bonchev–Trinajstić information content (AvgIpc) is 3.14. The third-order valence-corrected chi connectivity index (χ3v) is 5.26. The molecule has 0 aliphatic carbocycles. The highest BCUT2D eigenvalue weighted by Gasteiger charge is 2.15. The van der Waals surface area contributed by atoms with Gasteiger partial charge in [0, 0.05) is 16.2 Å². The van der Waals surface area contributed by atoms with Crippen LogP contribution in [0.25, 0.3) is 6.08 Å². The molecule has 0 saturated carbocycles. The Kier molecular flexibility index (Phi) is 5.67. The molecule has 8 nitrogen and oxygen atoms in total. The van der Waals surface area contributed by atoms with Gasteiger partial charge in [-0.3, -0.25) is 4.79 Å². The van der Waals surface area contributed by atoms with Crippen LogP contribution >= 0.6 is 15.9 Å². The van der Waals surface area contributed by atoms with Crippen LogP contribution in [0.3, 0.4) is 0 Å². The van der Waals surface area contributed by atoms with Gasteiger partial charge < -0.3 is 5.32 Å². The summed E-state index contributed by atoms with van der Waals surface area (Å²) in [7, 11) is -3.79. The van der Waals surface area contributed by atoms with Gasteiger partial charge in [-0.05, 0) is 48.0 Å². The zero-order valence-electron chi connectivity index (χ0n) is 13.8. The second kappa shape index (κ2) is 8.14. The van der Waals surface area contributed by atoms with Crippen molar-refractivity contribution in [2.75, 3.05) is 10.0 Å². The molecule has 3 rings (SSSR count). The van der Waals surface area contributed by atoms with E-state index in [0.717, 1.165) is 10.0 Å². The van der Waals surface area contributed by atoms with E-state index in [0.29, 0.717) is 5.69 Å². The SMILES string of the molecule is O=C(C=Cc1ccc(Br)cc1)Nc1ccc(S(=O)(=O)Nc2ncn[nH]2)cc1. The number of hydrogen-bond acceptors (Lipinski definition) is 5. The lowest BCUT2D eigenvalue weighted by atomic mass is 10.2. The molecule has 27 heavy (non-hydrogen) atoms. The first kappa shape index (κ1) is 18.8. The minimum Gasteiger partial charge on any atom is -0.323 e. The number of benzene rings is 2. The minimum absolute atomic E-state index is 0.0189. The molecule has 0 spiro atoms. The number of H-pyrrole nitrogens is 1. The normalized spacial score (nSPS) is 11.4. The van der Waals surface area contributed by atoms with Crippen molar-refractivity contribution in [3.05, 3.63) is 71.0 Å². The molecule has 1 aromatic heterocycles. The molecule has 0 aliphatic rings. The van der Waals surface area contributed by atoms with Gasteiger partial charge in [-0.1, -0.05) is 28.1 Å². The van der Waals surface area contributed by atoms with Crippen molar-refractivity contribution < 1.29 is 13.2 Å². The summed E-state index contributed by atoms with van der Waals surface area (Å²) in [5.74, 6) is -0.307. The van der Waals surface area contributed by atoms with Crippen molar-refractivity contribution in [1.82, 2.24) is 15.2 Å². The van der Waals surface area contributed by atoms with E-state index in [1.807, 2.05) is 24.3 Å². The highest BCUT2D eigenvalue weighted by Crippen LogP contribution is 2.16. The maximum absolute atomic E-state index is 12.2. The van der Waals surface area contributed by atoms with Gasteiger partial charge >= 0.3 is 0 Å². The maximum Gasteiger partial charge on any atom is 0.264 e. The van der Waals surface area contributed by atoms with Crippen LogP contribution in [0.15, 0.2) is 70.3 Å². The molecule has 0 bridgehead atoms. The van der Waals surface area contributed by atoms with Crippen LogP contribution in [-0.2, 0) is 14.8 Å². The first-order valence-electron chi connectivity index (χ1n) is 7.65. The van der Waals surface area contributed by atoms with Crippen molar-refractivity contribution in [3.63, 3.8) is 0 Å². The molecule has 3 N–H and O–H groups in total. The standard InChI is InChI=1S/C17H14BrN5O3S/c18-13-4-1-12(2-5-13)3-10-16(24)21-14-6-8-15(9-7-14)27(25,26)23-17-19-11-20-22-17/h1-11H,(H,21,24)(H2,19,20,22,23). The Balaban J connectivity index is 1.63. The first-order valence-corrected chi connectivity index (χ1v) is 9.93. The number of nitrogens with zero attached hydrogens (tertiary/aromatic N) is 2. The fourth-order valence-electron chi connectivity index (χ4n) is 2.09. The van der Waals surface area contributed by atoms with Crippen molar-refractivity contribution in [1.29, 1.82) is 0 Å². The van der Waals surface area contributed by atoms with E-state index in [-0.39, 0.29) is 16.8 Å². The van der Waals surface area contributed by atoms with Crippen LogP contribution in [-0.4, -0.2) is 29.5 Å². The average molecular weight is 448 g/mol. The Bertz CT molecular complexity index is 1050. The summed E-state index contributed by atoms with van der Waals surface area (Å²) in [6.07, 6.45) is 4.28. The zero-order valence-corrected chi connectivity index (χ0v) is 16.2. The number of carbonyl (C=O) groups is 1. The van der Waals surface area contributed by atoms with E-state index in [4.69, 9.17) is 0 Å². The predicted molar refractivity (Wildman–Crippen MR) is 105 cm³/mol. The summed E-state index contributed by atoms with van der Waals surface area (Å²) in [6.45, 7) is 0. The Morgan fingerprint density at radius 1 is 1.07 bits per heavy atom. The predicted octanol–water partition coefficient (Wildman–Crippen LogP) is 3.02. The Morgan fingerprint density at radius 3 is 2.41 bits per heavy atom. The number of sulfonamides is 1. The summed E-state index contributed by atoms with van der Waals surface area (Å²) in [5, 5.41) is 8.65. The molecule has 0 fully saturated rings. The van der Waals surface area contributed by atoms with E-state index >= 15 is 0 Å². The number of carbonyl (C=O) groups excluding carboxylic acids is 1. The van der Waals surface area contributed by atoms with E-state index < -0.39 is 10.0 Å². The number of halogens is 1. The third kappa shape index (κ3) is 5.25. The van der Waals surface area contributed by atoms with Crippen LogP contribution in [0, 0.1) is 0 Å². The topological polar surface area (TPSA) is 117 Å². The van der Waals surface area contributed by atoms with Crippen LogP contribution < -0.4 is 10.0 Å². The van der Waals surface area contributed by atoms with Gasteiger partial charge in [0.15, 0.2) is 0 Å². The lowest BCUT2D eigenvalue weighted by molar-refractivity contribution is -0.111. The molecule has 0 saturated heterocycles. The van der Waals surface area contributed by atoms with E-state index in [2.05, 4.69) is 41.2 Å². The van der Waals surface area contributed by atoms with Crippen LogP contribution in [0.4, 0.5) is 11.6 Å². The Morgan fingerprint density at radius 2 is 1.78 bits per heavy atom. The smallest absolute Gasteiger partial charge is 0.264 e. The molecular weight excluding hydrogens is 434 g/mol. The maximum atomic E-state index is 12.2. The number of anilines is 2. The largest absolute Gasteiger partial charge is 0.323 e. The molecule has 1 amide bonds. The van der Waals surface area contributed by atoms with Crippen molar-refractivity contribution in [3.8, 4) is 0 Å². The van der Waals surface area contributed by atoms with Crippen molar-refractivity contribution in [2.24, 2.45) is 0 Å². The quantitative estimate of drug-likeness (QED) is 0.502. The molecule has 0 aliphatic heterocycles. The lowest BCUT2D eigenvalue weighted by Crippen LogP contribution is -2.14. The third-order valence-electron chi connectivity index (χ3n) is 3.38. The Labute approximate surface area is 163 Å². The van der Waals surface area contributed by atoms with Crippen molar-refractivity contribution in [2.45, 2.75) is 4.90 Å². The second-order valence-electron chi connectivity index (χ2n) is 5.34. The molecule has 2 aromatic carbocycles. The van der Waals surface area contributed by atoms with Gasteiger partial charge in [0.2, 0.25) is 11.9 Å². The number of aromatic nitrogens is 3. The molecule has 10 heteroatoms. The van der Waals surface area contributed by atoms with Crippen LogP contribution in [0.5, 0.6) is 0 Å². The minimum atomic E-state index is -3.79. The van der Waals surface area contributed by atoms with Gasteiger partial charge in [0.25, 0.3) is 10.0 Å². The van der Waals surface area contributed by atoms with E-state index in [9.17, 15) is 13.2 Å². The molecule has 138 valence electrons. The van der Waals surface area contributed by atoms with Crippen LogP contribution in [0.1, 0.15) is 5.56 Å². The van der Waals surface area contributed by atoms with Gasteiger partial charge in [-0.15, -0.1) is 0 Å². The van der Waals surface area contributed by atoms with Gasteiger partial charge in [0.1, 0.15) is 6.33 Å². The number of nitrogens with one attached hydrogen (secondary N) is 3. The fourth-order valence-corrected chi connectivity index (χ4v) is 3.32. The molecule has 1 heterocycles. The monoisotopic (exact) mass is 447 g/mol. The zero-order chi connectivity index (χ0) is 19.3. The van der Waals surface area contributed by atoms with Gasteiger partial charge in [-0.25, -0.2) is 18.2 Å². The highest BCUT2D eigenvalue weighted by molar-refractivity contribution is 9.10. The van der Waals surface area contributed by atoms with Gasteiger partial charge in [0.05, 0.1) is 4.90 Å². The number of hydrogen-bond donors (Lipinski definition) is 3. The second-order valence-corrected chi connectivity index (χ2v) is 7.94. The van der Waals surface area contributed by atoms with E-state index in [1.54, 1.807) is 6.08 Å². The number of amides is 1. The summed E-state index contributed by atoms with van der Waals surface area (Å²) >= 11 is 3.35. The lowest BCUT2D eigenvalue weighted by Gasteiger charge is -2.06. The molecule has 3 aromatic rings. The molecule has 0 unspecified atom stereocenters. The summed E-state index contributed by atoms with van der Waals surface area (Å²) in [5.41, 5.74) is 1.35. The van der Waals surface area contributed by atoms with Crippen LogP contribution in [0.2, 0.25) is 0 Å². The molecular formula is C17H14BrN5O3S. The summed E-state index contributed by atoms with van der Waals surface area (Å²) < 4.78 is 27.6. The number of aromatic amines is 1. The van der Waals surface area contributed by atoms with Gasteiger partial charge in [-0.2, -0.15) is 10.1 Å². The number of rotatable bonds is 6.